The summed E-state index contributed by atoms with van der Waals surface area (Å²) in [5, 5.41) is 10.8. The molecule has 3 fully saturated rings. The summed E-state index contributed by atoms with van der Waals surface area (Å²) < 4.78 is 0. The monoisotopic (exact) mass is 426 g/mol. The molecule has 0 aromatic rings. The summed E-state index contributed by atoms with van der Waals surface area (Å²) >= 11 is 0. The Hall–Kier alpha value is -0.560. The number of rotatable bonds is 4. The van der Waals surface area contributed by atoms with Crippen molar-refractivity contribution in [2.75, 3.05) is 0 Å². The van der Waals surface area contributed by atoms with Crippen LogP contribution >= 0.6 is 0 Å². The first-order chi connectivity index (χ1) is 14.4. The van der Waals surface area contributed by atoms with Crippen molar-refractivity contribution in [3.8, 4) is 0 Å². The molecule has 0 aromatic carbocycles. The van der Waals surface area contributed by atoms with Crippen LogP contribution in [-0.4, -0.2) is 11.2 Å². The van der Waals surface area contributed by atoms with E-state index in [9.17, 15) is 5.11 Å². The minimum atomic E-state index is -0.121. The largest absolute Gasteiger partial charge is 0.393 e. The van der Waals surface area contributed by atoms with Crippen LogP contribution in [0.1, 0.15) is 120 Å². The Morgan fingerprint density at radius 1 is 0.968 bits per heavy atom. The van der Waals surface area contributed by atoms with Crippen molar-refractivity contribution >= 4 is 0 Å². The Morgan fingerprint density at radius 3 is 2.35 bits per heavy atom. The van der Waals surface area contributed by atoms with Gasteiger partial charge in [0.2, 0.25) is 0 Å². The molecule has 0 aliphatic heterocycles. The van der Waals surface area contributed by atoms with E-state index in [4.69, 9.17) is 0 Å². The van der Waals surface area contributed by atoms with Gasteiger partial charge < -0.3 is 5.11 Å². The summed E-state index contributed by atoms with van der Waals surface area (Å²) in [5.74, 6) is 2.21. The molecule has 3 saturated carbocycles. The smallest absolute Gasteiger partial charge is 0.0594 e. The fourth-order valence-corrected chi connectivity index (χ4v) is 9.59. The van der Waals surface area contributed by atoms with Gasteiger partial charge >= 0.3 is 0 Å². The van der Waals surface area contributed by atoms with Gasteiger partial charge in [0.25, 0.3) is 0 Å². The van der Waals surface area contributed by atoms with E-state index in [2.05, 4.69) is 61.5 Å². The van der Waals surface area contributed by atoms with Crippen LogP contribution in [0.2, 0.25) is 0 Å². The highest BCUT2D eigenvalue weighted by atomic mass is 16.3. The average molecular weight is 427 g/mol. The number of allylic oxidation sites excluding steroid dienone is 4. The maximum atomic E-state index is 10.8. The van der Waals surface area contributed by atoms with Gasteiger partial charge in [-0.05, 0) is 117 Å². The molecule has 4 aliphatic rings. The van der Waals surface area contributed by atoms with Gasteiger partial charge in [-0.2, -0.15) is 0 Å². The lowest BCUT2D eigenvalue weighted by atomic mass is 9.36. The second kappa shape index (κ2) is 7.75. The first-order valence-electron chi connectivity index (χ1n) is 13.4. The number of hydrogen-bond acceptors (Lipinski definition) is 1. The Labute approximate surface area is 193 Å². The van der Waals surface area contributed by atoms with Gasteiger partial charge in [-0.15, -0.1) is 0 Å². The SMILES string of the molecule is CC(C)=CCC[C@@H](C)C1=C2CC[C@H]3[C@@]4(C)CC[C@H](O)C(C)(C)C4CC[C@]3(C)[C@@]2(C)CC1. The zero-order valence-corrected chi connectivity index (χ0v) is 21.9. The minimum Gasteiger partial charge on any atom is -0.393 e. The third-order valence-corrected chi connectivity index (χ3v) is 11.7. The topological polar surface area (TPSA) is 20.2 Å². The van der Waals surface area contributed by atoms with E-state index in [1.165, 1.54) is 63.4 Å². The van der Waals surface area contributed by atoms with E-state index in [1.807, 2.05) is 11.1 Å². The number of aliphatic hydroxyl groups is 1. The lowest BCUT2D eigenvalue weighted by Crippen LogP contribution is -2.62. The Bertz CT molecular complexity index is 767. The molecule has 0 saturated heterocycles. The number of hydrogen-bond donors (Lipinski definition) is 1. The van der Waals surface area contributed by atoms with Crippen LogP contribution in [0.5, 0.6) is 0 Å². The van der Waals surface area contributed by atoms with Crippen molar-refractivity contribution in [3.05, 3.63) is 22.8 Å². The molecule has 0 spiro atoms. The summed E-state index contributed by atoms with van der Waals surface area (Å²) in [6.07, 6.45) is 15.2. The predicted molar refractivity (Wildman–Crippen MR) is 133 cm³/mol. The minimum absolute atomic E-state index is 0.0611. The van der Waals surface area contributed by atoms with E-state index >= 15 is 0 Å². The Morgan fingerprint density at radius 2 is 1.68 bits per heavy atom. The van der Waals surface area contributed by atoms with Gasteiger partial charge in [0, 0.05) is 0 Å². The molecular formula is C30H50O. The van der Waals surface area contributed by atoms with Crippen LogP contribution < -0.4 is 0 Å². The number of fused-ring (bicyclic) bond motifs is 5. The molecule has 0 heterocycles. The normalized spacial score (nSPS) is 44.9. The molecule has 31 heavy (non-hydrogen) atoms. The fraction of sp³-hybridized carbons (Fsp3) is 0.867. The van der Waals surface area contributed by atoms with Crippen LogP contribution in [-0.2, 0) is 0 Å². The molecule has 0 bridgehead atoms. The third-order valence-electron chi connectivity index (χ3n) is 11.7. The zero-order chi connectivity index (χ0) is 22.8. The zero-order valence-electron chi connectivity index (χ0n) is 21.9. The van der Waals surface area contributed by atoms with Crippen LogP contribution in [0.4, 0.5) is 0 Å². The summed E-state index contributed by atoms with van der Waals surface area (Å²) in [4.78, 5) is 0. The molecule has 0 aromatic heterocycles. The number of aliphatic hydroxyl groups excluding tert-OH is 1. The van der Waals surface area contributed by atoms with Crippen LogP contribution in [0.15, 0.2) is 22.8 Å². The summed E-state index contributed by atoms with van der Waals surface area (Å²) in [5.41, 5.74) is 6.45. The maximum absolute atomic E-state index is 10.8. The van der Waals surface area contributed by atoms with Crippen molar-refractivity contribution in [2.45, 2.75) is 126 Å². The first-order valence-corrected chi connectivity index (χ1v) is 13.4. The molecule has 0 amide bonds. The molecule has 176 valence electrons. The molecule has 4 rings (SSSR count). The predicted octanol–water partition coefficient (Wildman–Crippen LogP) is 8.48. The Balaban J connectivity index is 1.64. The summed E-state index contributed by atoms with van der Waals surface area (Å²) in [6.45, 7) is 19.7. The lowest BCUT2D eigenvalue weighted by Gasteiger charge is -2.69. The first kappa shape index (κ1) is 23.6. The lowest BCUT2D eigenvalue weighted by molar-refractivity contribution is -0.200. The molecule has 1 N–H and O–H groups in total. The molecule has 7 atom stereocenters. The van der Waals surface area contributed by atoms with E-state index in [0.29, 0.717) is 22.2 Å². The molecule has 1 heteroatoms. The van der Waals surface area contributed by atoms with Crippen LogP contribution in [0, 0.1) is 39.4 Å². The fourth-order valence-electron chi connectivity index (χ4n) is 9.59. The third kappa shape index (κ3) is 3.34. The van der Waals surface area contributed by atoms with Gasteiger partial charge in [0.05, 0.1) is 6.10 Å². The van der Waals surface area contributed by atoms with E-state index in [1.54, 1.807) is 0 Å². The highest BCUT2D eigenvalue weighted by Crippen LogP contribution is 2.74. The Kier molecular flexibility index (Phi) is 5.90. The van der Waals surface area contributed by atoms with Gasteiger partial charge in [0.1, 0.15) is 0 Å². The van der Waals surface area contributed by atoms with Gasteiger partial charge in [-0.25, -0.2) is 0 Å². The molecule has 1 nitrogen and oxygen atoms in total. The quantitative estimate of drug-likeness (QED) is 0.447. The second-order valence-electron chi connectivity index (χ2n) is 13.6. The molecule has 0 radical (unpaired) electrons. The van der Waals surface area contributed by atoms with Crippen molar-refractivity contribution in [2.24, 2.45) is 39.4 Å². The van der Waals surface area contributed by atoms with Gasteiger partial charge in [-0.1, -0.05) is 64.3 Å². The van der Waals surface area contributed by atoms with Crippen molar-refractivity contribution < 1.29 is 5.11 Å². The highest BCUT2D eigenvalue weighted by Gasteiger charge is 2.66. The molecular weight excluding hydrogens is 376 g/mol. The second-order valence-corrected chi connectivity index (χ2v) is 13.6. The average Bonchev–Trinajstić information content (AvgIpc) is 3.03. The van der Waals surface area contributed by atoms with Crippen molar-refractivity contribution in [3.63, 3.8) is 0 Å². The van der Waals surface area contributed by atoms with Crippen molar-refractivity contribution in [1.82, 2.24) is 0 Å². The summed E-state index contributed by atoms with van der Waals surface area (Å²) in [6, 6.07) is 0. The van der Waals surface area contributed by atoms with E-state index in [-0.39, 0.29) is 11.5 Å². The van der Waals surface area contributed by atoms with Crippen LogP contribution in [0.3, 0.4) is 0 Å². The van der Waals surface area contributed by atoms with Crippen molar-refractivity contribution in [1.29, 1.82) is 0 Å². The summed E-state index contributed by atoms with van der Waals surface area (Å²) in [7, 11) is 0. The molecule has 4 aliphatic carbocycles. The van der Waals surface area contributed by atoms with Crippen LogP contribution in [0.25, 0.3) is 0 Å². The molecule has 1 unspecified atom stereocenters. The van der Waals surface area contributed by atoms with Gasteiger partial charge in [-0.3, -0.25) is 0 Å². The standard InChI is InChI=1S/C30H50O/c1-20(2)10-9-11-21(3)22-14-18-29(7)23(22)12-13-25-28(6)17-16-26(31)27(4,5)24(28)15-19-30(25,29)8/h10,21,24-26,31H,9,11-19H2,1-8H3/t21-,24?,25+,26+,28+,29+,30+/m1/s1. The van der Waals surface area contributed by atoms with E-state index in [0.717, 1.165) is 18.3 Å². The van der Waals surface area contributed by atoms with E-state index < -0.39 is 0 Å². The highest BCUT2D eigenvalue weighted by molar-refractivity contribution is 5.36. The van der Waals surface area contributed by atoms with Gasteiger partial charge in [0.15, 0.2) is 0 Å². The maximum Gasteiger partial charge on any atom is 0.0594 e.